The maximum Gasteiger partial charge on any atom is 0.253 e. The second-order valence-electron chi connectivity index (χ2n) is 6.36. The smallest absolute Gasteiger partial charge is 0.253 e. The Balaban J connectivity index is 1.55. The molecule has 7 nitrogen and oxygen atoms in total. The van der Waals surface area contributed by atoms with Gasteiger partial charge in [-0.2, -0.15) is 0 Å². The van der Waals surface area contributed by atoms with Crippen molar-refractivity contribution in [1.29, 1.82) is 0 Å². The first-order valence-electron chi connectivity index (χ1n) is 8.77. The van der Waals surface area contributed by atoms with E-state index >= 15 is 0 Å². The summed E-state index contributed by atoms with van der Waals surface area (Å²) in [5.41, 5.74) is 1.40. The minimum atomic E-state index is -0.307. The molecule has 7 heteroatoms. The third-order valence-electron chi connectivity index (χ3n) is 4.27. The van der Waals surface area contributed by atoms with E-state index in [9.17, 15) is 9.90 Å². The number of aliphatic hydroxyl groups excluding tert-OH is 1. The van der Waals surface area contributed by atoms with Gasteiger partial charge in [0.05, 0.1) is 23.9 Å². The van der Waals surface area contributed by atoms with Gasteiger partial charge in [0, 0.05) is 25.4 Å². The summed E-state index contributed by atoms with van der Waals surface area (Å²) in [5, 5.41) is 16.5. The SMILES string of the molecule is CCCc1cc(CNC(=O)c2ccc(N3CCCC(O)C3)nc2)on1. The number of hydrogen-bond acceptors (Lipinski definition) is 6. The van der Waals surface area contributed by atoms with Crippen molar-refractivity contribution in [2.45, 2.75) is 45.3 Å². The van der Waals surface area contributed by atoms with E-state index in [4.69, 9.17) is 4.52 Å². The van der Waals surface area contributed by atoms with Crippen LogP contribution in [-0.4, -0.2) is 40.3 Å². The molecule has 1 aliphatic rings. The molecule has 2 N–H and O–H groups in total. The zero-order chi connectivity index (χ0) is 17.6. The van der Waals surface area contributed by atoms with Gasteiger partial charge in [-0.3, -0.25) is 4.79 Å². The summed E-state index contributed by atoms with van der Waals surface area (Å²) in [4.78, 5) is 18.6. The lowest BCUT2D eigenvalue weighted by molar-refractivity contribution is 0.0946. The lowest BCUT2D eigenvalue weighted by Gasteiger charge is -2.30. The molecule has 1 unspecified atom stereocenters. The maximum atomic E-state index is 12.2. The number of nitrogens with zero attached hydrogens (tertiary/aromatic N) is 3. The van der Waals surface area contributed by atoms with Gasteiger partial charge in [0.1, 0.15) is 5.82 Å². The molecule has 0 radical (unpaired) electrons. The van der Waals surface area contributed by atoms with Gasteiger partial charge in [-0.25, -0.2) is 4.98 Å². The molecule has 1 saturated heterocycles. The van der Waals surface area contributed by atoms with Crippen molar-refractivity contribution < 1.29 is 14.4 Å². The first-order valence-corrected chi connectivity index (χ1v) is 8.77. The molecule has 1 fully saturated rings. The van der Waals surface area contributed by atoms with Gasteiger partial charge in [0.25, 0.3) is 5.91 Å². The molecule has 0 spiro atoms. The summed E-state index contributed by atoms with van der Waals surface area (Å²) in [6, 6.07) is 5.44. The number of amides is 1. The molecule has 25 heavy (non-hydrogen) atoms. The molecule has 0 aliphatic carbocycles. The first kappa shape index (κ1) is 17.4. The third-order valence-corrected chi connectivity index (χ3v) is 4.27. The Morgan fingerprint density at radius 2 is 2.36 bits per heavy atom. The topological polar surface area (TPSA) is 91.5 Å². The summed E-state index contributed by atoms with van der Waals surface area (Å²) in [5.74, 6) is 1.23. The second kappa shape index (κ2) is 8.11. The number of nitrogens with one attached hydrogen (secondary N) is 1. The number of piperidine rings is 1. The van der Waals surface area contributed by atoms with E-state index in [1.165, 1.54) is 0 Å². The van der Waals surface area contributed by atoms with Crippen LogP contribution in [0.4, 0.5) is 5.82 Å². The van der Waals surface area contributed by atoms with Gasteiger partial charge in [-0.05, 0) is 31.4 Å². The quantitative estimate of drug-likeness (QED) is 0.832. The number of carbonyl (C=O) groups excluding carboxylic acids is 1. The number of carbonyl (C=O) groups is 1. The molecule has 0 bridgehead atoms. The van der Waals surface area contributed by atoms with Crippen LogP contribution in [0.1, 0.15) is 48.0 Å². The number of hydrogen-bond donors (Lipinski definition) is 2. The summed E-state index contributed by atoms with van der Waals surface area (Å²) >= 11 is 0. The van der Waals surface area contributed by atoms with Crippen molar-refractivity contribution >= 4 is 11.7 Å². The number of aliphatic hydroxyl groups is 1. The highest BCUT2D eigenvalue weighted by Crippen LogP contribution is 2.18. The number of aromatic nitrogens is 2. The maximum absolute atomic E-state index is 12.2. The molecule has 2 aromatic heterocycles. The van der Waals surface area contributed by atoms with Crippen LogP contribution in [0.15, 0.2) is 28.9 Å². The normalized spacial score (nSPS) is 17.5. The van der Waals surface area contributed by atoms with Crippen molar-refractivity contribution in [2.24, 2.45) is 0 Å². The van der Waals surface area contributed by atoms with Crippen molar-refractivity contribution in [3.63, 3.8) is 0 Å². The molecule has 134 valence electrons. The fraction of sp³-hybridized carbons (Fsp3) is 0.500. The molecule has 3 heterocycles. The van der Waals surface area contributed by atoms with Crippen LogP contribution in [-0.2, 0) is 13.0 Å². The molecule has 1 amide bonds. The highest BCUT2D eigenvalue weighted by molar-refractivity contribution is 5.93. The van der Waals surface area contributed by atoms with Gasteiger partial charge < -0.3 is 19.8 Å². The van der Waals surface area contributed by atoms with Crippen molar-refractivity contribution in [2.75, 3.05) is 18.0 Å². The number of pyridine rings is 1. The largest absolute Gasteiger partial charge is 0.391 e. The van der Waals surface area contributed by atoms with Crippen molar-refractivity contribution in [3.8, 4) is 0 Å². The summed E-state index contributed by atoms with van der Waals surface area (Å²) in [7, 11) is 0. The minimum Gasteiger partial charge on any atom is -0.391 e. The standard InChI is InChI=1S/C18H24N4O3/c1-2-4-14-9-16(25-21-14)11-20-18(24)13-6-7-17(19-10-13)22-8-3-5-15(23)12-22/h6-7,9-10,15,23H,2-5,8,11-12H2,1H3,(H,20,24). The lowest BCUT2D eigenvalue weighted by atomic mass is 10.1. The van der Waals surface area contributed by atoms with Crippen LogP contribution in [0.3, 0.4) is 0 Å². The van der Waals surface area contributed by atoms with Crippen molar-refractivity contribution in [3.05, 3.63) is 41.4 Å². The molecule has 0 aromatic carbocycles. The van der Waals surface area contributed by atoms with E-state index in [2.05, 4.69) is 22.4 Å². The summed E-state index contributed by atoms with van der Waals surface area (Å²) in [6.07, 6.45) is 4.91. The highest BCUT2D eigenvalue weighted by atomic mass is 16.5. The highest BCUT2D eigenvalue weighted by Gasteiger charge is 2.19. The Bertz CT molecular complexity index is 699. The fourth-order valence-corrected chi connectivity index (χ4v) is 2.95. The summed E-state index contributed by atoms with van der Waals surface area (Å²) in [6.45, 7) is 3.85. The minimum absolute atomic E-state index is 0.203. The molecule has 0 saturated carbocycles. The van der Waals surface area contributed by atoms with Crippen LogP contribution < -0.4 is 10.2 Å². The Morgan fingerprint density at radius 3 is 3.08 bits per heavy atom. The number of rotatable bonds is 6. The molecular weight excluding hydrogens is 320 g/mol. The molecule has 1 aliphatic heterocycles. The van der Waals surface area contributed by atoms with Gasteiger partial charge >= 0.3 is 0 Å². The number of anilines is 1. The number of aryl methyl sites for hydroxylation is 1. The Hall–Kier alpha value is -2.41. The van der Waals surface area contributed by atoms with Gasteiger partial charge in [-0.15, -0.1) is 0 Å². The van der Waals surface area contributed by atoms with Crippen molar-refractivity contribution in [1.82, 2.24) is 15.5 Å². The molecule has 3 rings (SSSR count). The Morgan fingerprint density at radius 1 is 1.48 bits per heavy atom. The predicted octanol–water partition coefficient (Wildman–Crippen LogP) is 1.91. The van der Waals surface area contributed by atoms with Gasteiger partial charge in [0.15, 0.2) is 5.76 Å². The van der Waals surface area contributed by atoms with Crippen LogP contribution in [0.2, 0.25) is 0 Å². The van der Waals surface area contributed by atoms with Crippen LogP contribution in [0, 0.1) is 0 Å². The fourth-order valence-electron chi connectivity index (χ4n) is 2.95. The average Bonchev–Trinajstić information content (AvgIpc) is 3.08. The average molecular weight is 344 g/mol. The van der Waals surface area contributed by atoms with E-state index < -0.39 is 0 Å². The number of β-amino-alcohol motifs (C(OH)–C–C–N with tert-alkyl or cyclic N) is 1. The van der Waals surface area contributed by atoms with E-state index in [1.54, 1.807) is 12.3 Å². The summed E-state index contributed by atoms with van der Waals surface area (Å²) < 4.78 is 5.20. The second-order valence-corrected chi connectivity index (χ2v) is 6.36. The van der Waals surface area contributed by atoms with Gasteiger partial charge in [0.2, 0.25) is 0 Å². The van der Waals surface area contributed by atoms with E-state index in [1.807, 2.05) is 17.0 Å². The molecule has 1 atom stereocenters. The van der Waals surface area contributed by atoms with Gasteiger partial charge in [-0.1, -0.05) is 18.5 Å². The van der Waals surface area contributed by atoms with E-state index in [0.717, 1.165) is 43.7 Å². The molecule has 2 aromatic rings. The van der Waals surface area contributed by atoms with Crippen LogP contribution in [0.25, 0.3) is 0 Å². The van der Waals surface area contributed by atoms with E-state index in [-0.39, 0.29) is 12.0 Å². The zero-order valence-electron chi connectivity index (χ0n) is 14.4. The predicted molar refractivity (Wildman–Crippen MR) is 93.4 cm³/mol. The lowest BCUT2D eigenvalue weighted by Crippen LogP contribution is -2.38. The third kappa shape index (κ3) is 4.57. The first-order chi connectivity index (χ1) is 12.2. The monoisotopic (exact) mass is 344 g/mol. The Labute approximate surface area is 147 Å². The molecular formula is C18H24N4O3. The van der Waals surface area contributed by atoms with E-state index in [0.29, 0.717) is 24.4 Å². The van der Waals surface area contributed by atoms with Crippen LogP contribution in [0.5, 0.6) is 0 Å². The Kier molecular flexibility index (Phi) is 5.65. The van der Waals surface area contributed by atoms with Crippen LogP contribution >= 0.6 is 0 Å². The zero-order valence-corrected chi connectivity index (χ0v) is 14.4.